The van der Waals surface area contributed by atoms with E-state index in [-0.39, 0.29) is 0 Å². The summed E-state index contributed by atoms with van der Waals surface area (Å²) in [6.45, 7) is 11.3. The van der Waals surface area contributed by atoms with Crippen molar-refractivity contribution in [3.05, 3.63) is 35.4 Å². The number of nitrogens with one attached hydrogen (secondary N) is 1. The molecular weight excluding hydrogens is 250 g/mol. The van der Waals surface area contributed by atoms with Crippen LogP contribution in [0.25, 0.3) is 0 Å². The van der Waals surface area contributed by atoms with Gasteiger partial charge < -0.3 is 5.32 Å². The lowest BCUT2D eigenvalue weighted by molar-refractivity contribution is 0.511. The zero-order chi connectivity index (χ0) is 14.3. The van der Waals surface area contributed by atoms with Gasteiger partial charge in [0.2, 0.25) is 0 Å². The summed E-state index contributed by atoms with van der Waals surface area (Å²) in [5, 5.41) is 3.67. The summed E-state index contributed by atoms with van der Waals surface area (Å²) in [7, 11) is 0. The largest absolute Gasteiger partial charge is 0.307 e. The molecule has 0 saturated carbocycles. The summed E-state index contributed by atoms with van der Waals surface area (Å²) in [5.74, 6) is 3.11. The van der Waals surface area contributed by atoms with Gasteiger partial charge in [0.05, 0.1) is 0 Å². The Bertz CT molecular complexity index is 345. The molecule has 2 atom stereocenters. The van der Waals surface area contributed by atoms with Gasteiger partial charge in [-0.3, -0.25) is 0 Å². The van der Waals surface area contributed by atoms with E-state index in [1.165, 1.54) is 29.1 Å². The molecule has 1 N–H and O–H groups in total. The van der Waals surface area contributed by atoms with Crippen LogP contribution in [0.1, 0.15) is 51.8 Å². The van der Waals surface area contributed by atoms with Crippen molar-refractivity contribution in [1.29, 1.82) is 0 Å². The Kier molecular flexibility index (Phi) is 7.55. The number of thioether (sulfide) groups is 1. The molecule has 0 heterocycles. The molecule has 1 aromatic rings. The van der Waals surface area contributed by atoms with Gasteiger partial charge in [-0.1, -0.05) is 45.0 Å². The first kappa shape index (κ1) is 16.6. The van der Waals surface area contributed by atoms with Crippen LogP contribution in [0.15, 0.2) is 24.3 Å². The molecule has 0 aromatic heterocycles. The Labute approximate surface area is 123 Å². The van der Waals surface area contributed by atoms with Crippen molar-refractivity contribution in [1.82, 2.24) is 5.32 Å². The van der Waals surface area contributed by atoms with Crippen LogP contribution in [0, 0.1) is 5.92 Å². The van der Waals surface area contributed by atoms with Gasteiger partial charge in [0.25, 0.3) is 0 Å². The van der Waals surface area contributed by atoms with Gasteiger partial charge in [0.15, 0.2) is 0 Å². The highest BCUT2D eigenvalue weighted by molar-refractivity contribution is 7.99. The zero-order valence-electron chi connectivity index (χ0n) is 13.1. The van der Waals surface area contributed by atoms with Gasteiger partial charge in [-0.15, -0.1) is 0 Å². The minimum atomic E-state index is 0.431. The average Bonchev–Trinajstić information content (AvgIpc) is 2.36. The Hall–Kier alpha value is -0.470. The Morgan fingerprint density at radius 1 is 1.05 bits per heavy atom. The van der Waals surface area contributed by atoms with Crippen molar-refractivity contribution < 1.29 is 0 Å². The fourth-order valence-electron chi connectivity index (χ4n) is 2.28. The lowest BCUT2D eigenvalue weighted by Gasteiger charge is -2.20. The van der Waals surface area contributed by atoms with E-state index in [4.69, 9.17) is 0 Å². The van der Waals surface area contributed by atoms with E-state index < -0.39 is 0 Å². The summed E-state index contributed by atoms with van der Waals surface area (Å²) in [5.41, 5.74) is 2.83. The first-order chi connectivity index (χ1) is 9.02. The monoisotopic (exact) mass is 279 g/mol. The fraction of sp³-hybridized carbons (Fsp3) is 0.647. The maximum atomic E-state index is 3.67. The van der Waals surface area contributed by atoms with Gasteiger partial charge in [-0.05, 0) is 43.1 Å². The molecule has 0 spiro atoms. The van der Waals surface area contributed by atoms with Gasteiger partial charge in [-0.2, -0.15) is 11.8 Å². The third-order valence-electron chi connectivity index (χ3n) is 3.23. The van der Waals surface area contributed by atoms with E-state index in [0.29, 0.717) is 12.1 Å². The van der Waals surface area contributed by atoms with Crippen molar-refractivity contribution in [2.45, 2.75) is 53.1 Å². The molecule has 0 aliphatic carbocycles. The summed E-state index contributed by atoms with van der Waals surface area (Å²) < 4.78 is 0. The molecule has 0 radical (unpaired) electrons. The molecule has 2 unspecified atom stereocenters. The number of rotatable bonds is 8. The molecule has 1 nitrogen and oxygen atoms in total. The summed E-state index contributed by atoms with van der Waals surface area (Å²) in [6, 6.07) is 10.1. The highest BCUT2D eigenvalue weighted by atomic mass is 32.2. The minimum absolute atomic E-state index is 0.431. The second-order valence-corrected chi connectivity index (χ2v) is 7.11. The van der Waals surface area contributed by atoms with Crippen LogP contribution < -0.4 is 5.32 Å². The highest BCUT2D eigenvalue weighted by Crippen LogP contribution is 2.16. The topological polar surface area (TPSA) is 12.0 Å². The third-order valence-corrected chi connectivity index (χ3v) is 4.37. The molecular formula is C17H29NS. The summed E-state index contributed by atoms with van der Waals surface area (Å²) in [6.07, 6.45) is 1.17. The molecule has 1 aromatic carbocycles. The first-order valence-electron chi connectivity index (χ1n) is 7.45. The average molecular weight is 279 g/mol. The van der Waals surface area contributed by atoms with Crippen molar-refractivity contribution in [2.75, 3.05) is 11.5 Å². The van der Waals surface area contributed by atoms with Crippen molar-refractivity contribution in [3.8, 4) is 0 Å². The molecule has 2 heteroatoms. The molecule has 0 aliphatic rings. The van der Waals surface area contributed by atoms with Crippen LogP contribution >= 0.6 is 11.8 Å². The predicted octanol–water partition coefficient (Wildman–Crippen LogP) is 4.68. The molecule has 0 fully saturated rings. The van der Waals surface area contributed by atoms with E-state index in [1.807, 2.05) is 11.8 Å². The lowest BCUT2D eigenvalue weighted by atomic mass is 10.00. The van der Waals surface area contributed by atoms with Crippen molar-refractivity contribution in [3.63, 3.8) is 0 Å². The SMILES string of the molecule is CCSCC(C)NC(C)c1ccc(CC(C)C)cc1. The van der Waals surface area contributed by atoms with Crippen LogP contribution in [-0.2, 0) is 6.42 Å². The van der Waals surface area contributed by atoms with Crippen LogP contribution in [0.4, 0.5) is 0 Å². The molecule has 1 rings (SSSR count). The Balaban J connectivity index is 2.50. The number of hydrogen-bond acceptors (Lipinski definition) is 2. The Morgan fingerprint density at radius 3 is 2.21 bits per heavy atom. The normalized spacial score (nSPS) is 14.6. The maximum Gasteiger partial charge on any atom is 0.0294 e. The van der Waals surface area contributed by atoms with E-state index >= 15 is 0 Å². The van der Waals surface area contributed by atoms with Gasteiger partial charge in [0, 0.05) is 17.8 Å². The molecule has 0 aliphatic heterocycles. The van der Waals surface area contributed by atoms with Crippen LogP contribution in [0.5, 0.6) is 0 Å². The third kappa shape index (κ3) is 6.49. The van der Waals surface area contributed by atoms with Crippen LogP contribution in [-0.4, -0.2) is 17.5 Å². The molecule has 0 saturated heterocycles. The second kappa shape index (κ2) is 8.65. The van der Waals surface area contributed by atoms with Crippen molar-refractivity contribution in [2.24, 2.45) is 5.92 Å². The van der Waals surface area contributed by atoms with Crippen LogP contribution in [0.2, 0.25) is 0 Å². The van der Waals surface area contributed by atoms with Gasteiger partial charge in [0.1, 0.15) is 0 Å². The summed E-state index contributed by atoms with van der Waals surface area (Å²) >= 11 is 2.00. The van der Waals surface area contributed by atoms with E-state index in [2.05, 4.69) is 64.2 Å². The Morgan fingerprint density at radius 2 is 1.68 bits per heavy atom. The standard InChI is InChI=1S/C17H29NS/c1-6-19-12-14(4)18-15(5)17-9-7-16(8-10-17)11-13(2)3/h7-10,13-15,18H,6,11-12H2,1-5H3. The number of hydrogen-bond donors (Lipinski definition) is 1. The summed E-state index contributed by atoms with van der Waals surface area (Å²) in [4.78, 5) is 0. The molecule has 19 heavy (non-hydrogen) atoms. The van der Waals surface area contributed by atoms with E-state index in [0.717, 1.165) is 5.92 Å². The fourth-order valence-corrected chi connectivity index (χ4v) is 2.97. The zero-order valence-corrected chi connectivity index (χ0v) is 13.9. The van der Waals surface area contributed by atoms with Crippen LogP contribution in [0.3, 0.4) is 0 Å². The molecule has 0 bridgehead atoms. The first-order valence-corrected chi connectivity index (χ1v) is 8.61. The van der Waals surface area contributed by atoms with E-state index in [9.17, 15) is 0 Å². The smallest absolute Gasteiger partial charge is 0.0294 e. The highest BCUT2D eigenvalue weighted by Gasteiger charge is 2.09. The van der Waals surface area contributed by atoms with Gasteiger partial charge >= 0.3 is 0 Å². The van der Waals surface area contributed by atoms with Crippen molar-refractivity contribution >= 4 is 11.8 Å². The maximum absolute atomic E-state index is 3.67. The van der Waals surface area contributed by atoms with E-state index in [1.54, 1.807) is 0 Å². The number of benzene rings is 1. The quantitative estimate of drug-likeness (QED) is 0.741. The van der Waals surface area contributed by atoms with Gasteiger partial charge in [-0.25, -0.2) is 0 Å². The predicted molar refractivity (Wildman–Crippen MR) is 89.0 cm³/mol. The lowest BCUT2D eigenvalue weighted by Crippen LogP contribution is -2.30. The molecule has 0 amide bonds. The molecule has 108 valence electrons. The second-order valence-electron chi connectivity index (χ2n) is 5.79. The minimum Gasteiger partial charge on any atom is -0.307 e.